The van der Waals surface area contributed by atoms with Gasteiger partial charge < -0.3 is 20.5 Å². The zero-order valence-electron chi connectivity index (χ0n) is 10.3. The Morgan fingerprint density at radius 2 is 1.94 bits per heavy atom. The van der Waals surface area contributed by atoms with Crippen molar-refractivity contribution in [3.8, 4) is 0 Å². The Morgan fingerprint density at radius 1 is 1.28 bits per heavy atom. The molecule has 1 rings (SSSR count). The standard InChI is InChI=1S/C12H18N2O3.ClH/c1-16-6-7-17-9-12(15)14-11-4-2-10(8-13)3-5-11;/h2-5H,6-9,13H2,1H3,(H,14,15);1H. The molecule has 0 aromatic heterocycles. The van der Waals surface area contributed by atoms with E-state index < -0.39 is 0 Å². The number of carbonyl (C=O) groups excluding carboxylic acids is 1. The maximum Gasteiger partial charge on any atom is 0.250 e. The SMILES string of the molecule is COCCOCC(=O)Nc1ccc(CN)cc1.Cl. The first-order valence-corrected chi connectivity index (χ1v) is 5.42. The quantitative estimate of drug-likeness (QED) is 0.732. The van der Waals surface area contributed by atoms with Gasteiger partial charge in [-0.15, -0.1) is 12.4 Å². The zero-order valence-corrected chi connectivity index (χ0v) is 11.2. The van der Waals surface area contributed by atoms with Crippen LogP contribution < -0.4 is 11.1 Å². The first-order chi connectivity index (χ1) is 8.26. The highest BCUT2D eigenvalue weighted by atomic mass is 35.5. The van der Waals surface area contributed by atoms with Gasteiger partial charge in [-0.25, -0.2) is 0 Å². The van der Waals surface area contributed by atoms with Crippen LogP contribution in [-0.2, 0) is 20.8 Å². The molecule has 0 heterocycles. The van der Waals surface area contributed by atoms with Crippen LogP contribution in [0.1, 0.15) is 5.56 Å². The molecule has 1 amide bonds. The summed E-state index contributed by atoms with van der Waals surface area (Å²) < 4.78 is 9.89. The first kappa shape index (κ1) is 16.9. The molecule has 1 aromatic carbocycles. The zero-order chi connectivity index (χ0) is 12.5. The molecule has 18 heavy (non-hydrogen) atoms. The van der Waals surface area contributed by atoms with Gasteiger partial charge in [-0.05, 0) is 17.7 Å². The van der Waals surface area contributed by atoms with E-state index in [4.69, 9.17) is 15.2 Å². The number of nitrogens with two attached hydrogens (primary N) is 1. The summed E-state index contributed by atoms with van der Waals surface area (Å²) >= 11 is 0. The lowest BCUT2D eigenvalue weighted by molar-refractivity contribution is -0.121. The number of halogens is 1. The van der Waals surface area contributed by atoms with Crippen molar-refractivity contribution in [3.05, 3.63) is 29.8 Å². The van der Waals surface area contributed by atoms with Gasteiger partial charge in [-0.3, -0.25) is 4.79 Å². The molecule has 0 unspecified atom stereocenters. The number of rotatable bonds is 7. The van der Waals surface area contributed by atoms with Crippen molar-refractivity contribution in [3.63, 3.8) is 0 Å². The van der Waals surface area contributed by atoms with E-state index in [0.29, 0.717) is 19.8 Å². The second-order valence-electron chi connectivity index (χ2n) is 3.49. The van der Waals surface area contributed by atoms with Gasteiger partial charge in [-0.2, -0.15) is 0 Å². The molecule has 5 nitrogen and oxygen atoms in total. The third kappa shape index (κ3) is 6.56. The van der Waals surface area contributed by atoms with Crippen LogP contribution in [0.25, 0.3) is 0 Å². The van der Waals surface area contributed by atoms with E-state index in [0.717, 1.165) is 11.3 Å². The lowest BCUT2D eigenvalue weighted by Gasteiger charge is -2.06. The number of carbonyl (C=O) groups is 1. The summed E-state index contributed by atoms with van der Waals surface area (Å²) in [5, 5.41) is 2.72. The molecule has 102 valence electrons. The summed E-state index contributed by atoms with van der Waals surface area (Å²) in [7, 11) is 1.59. The highest BCUT2D eigenvalue weighted by molar-refractivity contribution is 5.91. The average Bonchev–Trinajstić information content (AvgIpc) is 2.36. The minimum absolute atomic E-state index is 0. The fourth-order valence-electron chi connectivity index (χ4n) is 1.23. The summed E-state index contributed by atoms with van der Waals surface area (Å²) in [5.74, 6) is -0.179. The summed E-state index contributed by atoms with van der Waals surface area (Å²) in [5.41, 5.74) is 7.24. The van der Waals surface area contributed by atoms with Gasteiger partial charge in [0.1, 0.15) is 6.61 Å². The van der Waals surface area contributed by atoms with Gasteiger partial charge in [0.05, 0.1) is 13.2 Å². The van der Waals surface area contributed by atoms with Gasteiger partial charge in [0.25, 0.3) is 0 Å². The van der Waals surface area contributed by atoms with Gasteiger partial charge in [0.15, 0.2) is 0 Å². The molecule has 1 aromatic rings. The Labute approximate surface area is 113 Å². The highest BCUT2D eigenvalue weighted by Crippen LogP contribution is 2.08. The van der Waals surface area contributed by atoms with Crippen molar-refractivity contribution in [2.45, 2.75) is 6.54 Å². The lowest BCUT2D eigenvalue weighted by Crippen LogP contribution is -2.19. The van der Waals surface area contributed by atoms with Crippen LogP contribution in [0.2, 0.25) is 0 Å². The second kappa shape index (κ2) is 9.85. The number of benzene rings is 1. The number of amides is 1. The molecule has 0 fully saturated rings. The maximum atomic E-state index is 11.4. The summed E-state index contributed by atoms with van der Waals surface area (Å²) in [6.45, 7) is 1.42. The van der Waals surface area contributed by atoms with Crippen LogP contribution in [0.3, 0.4) is 0 Å². The predicted octanol–water partition coefficient (Wildman–Crippen LogP) is 1.17. The summed E-state index contributed by atoms with van der Waals surface area (Å²) in [6, 6.07) is 7.38. The van der Waals surface area contributed by atoms with E-state index in [-0.39, 0.29) is 24.9 Å². The monoisotopic (exact) mass is 274 g/mol. The van der Waals surface area contributed by atoms with Crippen molar-refractivity contribution < 1.29 is 14.3 Å². The predicted molar refractivity (Wildman–Crippen MR) is 72.9 cm³/mol. The fourth-order valence-corrected chi connectivity index (χ4v) is 1.23. The molecule has 3 N–H and O–H groups in total. The molecule has 0 aliphatic heterocycles. The first-order valence-electron chi connectivity index (χ1n) is 5.42. The van der Waals surface area contributed by atoms with Crippen molar-refractivity contribution >= 4 is 24.0 Å². The Kier molecular flexibility index (Phi) is 9.22. The van der Waals surface area contributed by atoms with Crippen LogP contribution in [0.4, 0.5) is 5.69 Å². The summed E-state index contributed by atoms with van der Waals surface area (Å²) in [4.78, 5) is 11.4. The van der Waals surface area contributed by atoms with Crippen LogP contribution in [-0.4, -0.2) is 32.8 Å². The fraction of sp³-hybridized carbons (Fsp3) is 0.417. The Bertz CT molecular complexity index is 344. The van der Waals surface area contributed by atoms with Gasteiger partial charge >= 0.3 is 0 Å². The van der Waals surface area contributed by atoms with Crippen molar-refractivity contribution in [1.29, 1.82) is 0 Å². The largest absolute Gasteiger partial charge is 0.382 e. The van der Waals surface area contributed by atoms with Gasteiger partial charge in [0.2, 0.25) is 5.91 Å². The van der Waals surface area contributed by atoms with E-state index in [9.17, 15) is 4.79 Å². The molecule has 0 saturated heterocycles. The van der Waals surface area contributed by atoms with E-state index in [2.05, 4.69) is 5.32 Å². The van der Waals surface area contributed by atoms with E-state index in [1.807, 2.05) is 24.3 Å². The number of anilines is 1. The van der Waals surface area contributed by atoms with E-state index in [1.165, 1.54) is 0 Å². The molecule has 0 aliphatic carbocycles. The minimum atomic E-state index is -0.179. The smallest absolute Gasteiger partial charge is 0.250 e. The third-order valence-corrected chi connectivity index (χ3v) is 2.14. The Balaban J connectivity index is 0.00000289. The maximum absolute atomic E-state index is 11.4. The van der Waals surface area contributed by atoms with Crippen LogP contribution >= 0.6 is 12.4 Å². The third-order valence-electron chi connectivity index (χ3n) is 2.14. The highest BCUT2D eigenvalue weighted by Gasteiger charge is 2.02. The van der Waals surface area contributed by atoms with Crippen LogP contribution in [0.15, 0.2) is 24.3 Å². The number of hydrogen-bond acceptors (Lipinski definition) is 4. The number of methoxy groups -OCH3 is 1. The molecular formula is C12H19ClN2O3. The second-order valence-corrected chi connectivity index (χ2v) is 3.49. The van der Waals surface area contributed by atoms with Gasteiger partial charge in [-0.1, -0.05) is 12.1 Å². The van der Waals surface area contributed by atoms with Crippen molar-refractivity contribution in [1.82, 2.24) is 0 Å². The molecule has 0 atom stereocenters. The van der Waals surface area contributed by atoms with Crippen molar-refractivity contribution in [2.24, 2.45) is 5.73 Å². The average molecular weight is 275 g/mol. The molecule has 0 radical (unpaired) electrons. The minimum Gasteiger partial charge on any atom is -0.382 e. The number of hydrogen-bond donors (Lipinski definition) is 2. The molecule has 0 saturated carbocycles. The topological polar surface area (TPSA) is 73.6 Å². The number of ether oxygens (including phenoxy) is 2. The Morgan fingerprint density at radius 3 is 2.50 bits per heavy atom. The number of nitrogens with one attached hydrogen (secondary N) is 1. The normalized spacial score (nSPS) is 9.67. The molecular weight excluding hydrogens is 256 g/mol. The molecule has 0 bridgehead atoms. The van der Waals surface area contributed by atoms with Crippen molar-refractivity contribution in [2.75, 3.05) is 32.2 Å². The molecule has 6 heteroatoms. The van der Waals surface area contributed by atoms with E-state index in [1.54, 1.807) is 7.11 Å². The van der Waals surface area contributed by atoms with Gasteiger partial charge in [0, 0.05) is 19.3 Å². The molecule has 0 spiro atoms. The van der Waals surface area contributed by atoms with Crippen LogP contribution in [0, 0.1) is 0 Å². The van der Waals surface area contributed by atoms with Crippen LogP contribution in [0.5, 0.6) is 0 Å². The summed E-state index contributed by atoms with van der Waals surface area (Å²) in [6.07, 6.45) is 0. The molecule has 0 aliphatic rings. The van der Waals surface area contributed by atoms with E-state index >= 15 is 0 Å². The Hall–Kier alpha value is -1.14. The lowest BCUT2D eigenvalue weighted by atomic mass is 10.2.